The van der Waals surface area contributed by atoms with Crippen molar-refractivity contribution < 1.29 is 9.52 Å². The number of rotatable bonds is 1. The molecule has 1 aromatic heterocycles. The van der Waals surface area contributed by atoms with Crippen LogP contribution in [0.1, 0.15) is 5.56 Å². The highest BCUT2D eigenvalue weighted by molar-refractivity contribution is 5.85. The number of fused-ring (bicyclic) bond motifs is 1. The maximum absolute atomic E-state index is 12.5. The molecule has 0 aliphatic rings. The highest BCUT2D eigenvalue weighted by Crippen LogP contribution is 2.25. The van der Waals surface area contributed by atoms with E-state index in [1.54, 1.807) is 13.0 Å². The molecule has 0 aliphatic carbocycles. The van der Waals surface area contributed by atoms with E-state index >= 15 is 0 Å². The van der Waals surface area contributed by atoms with Gasteiger partial charge in [-0.2, -0.15) is 0 Å². The van der Waals surface area contributed by atoms with Gasteiger partial charge in [-0.05, 0) is 24.1 Å². The summed E-state index contributed by atoms with van der Waals surface area (Å²) in [6.45, 7) is 1.79. The van der Waals surface area contributed by atoms with Crippen LogP contribution in [0.4, 0.5) is 0 Å². The van der Waals surface area contributed by atoms with Gasteiger partial charge in [-0.1, -0.05) is 30.3 Å². The summed E-state index contributed by atoms with van der Waals surface area (Å²) in [4.78, 5) is 12.5. The molecular formula is C16H12O3. The van der Waals surface area contributed by atoms with Crippen LogP contribution in [0.15, 0.2) is 57.9 Å². The van der Waals surface area contributed by atoms with E-state index in [9.17, 15) is 9.90 Å². The van der Waals surface area contributed by atoms with Gasteiger partial charge >= 0.3 is 0 Å². The third kappa shape index (κ3) is 1.89. The van der Waals surface area contributed by atoms with Crippen molar-refractivity contribution in [3.63, 3.8) is 0 Å². The minimum Gasteiger partial charge on any atom is -0.508 e. The number of phenols is 1. The van der Waals surface area contributed by atoms with Crippen molar-refractivity contribution in [3.05, 3.63) is 64.5 Å². The lowest BCUT2D eigenvalue weighted by atomic mass is 10.0. The van der Waals surface area contributed by atoms with Crippen molar-refractivity contribution in [2.45, 2.75) is 6.92 Å². The van der Waals surface area contributed by atoms with Gasteiger partial charge in [0, 0.05) is 6.07 Å². The van der Waals surface area contributed by atoms with Gasteiger partial charge in [0.2, 0.25) is 5.43 Å². The second-order valence-corrected chi connectivity index (χ2v) is 4.48. The van der Waals surface area contributed by atoms with Gasteiger partial charge in [0.25, 0.3) is 0 Å². The number of hydrogen-bond donors (Lipinski definition) is 1. The molecule has 0 atom stereocenters. The molecule has 0 bridgehead atoms. The SMILES string of the molecule is Cc1cc(O)cc2occ(-c3ccccc3)c(=O)c12. The van der Waals surface area contributed by atoms with Gasteiger partial charge in [0.15, 0.2) is 0 Å². The standard InChI is InChI=1S/C16H12O3/c1-10-7-12(17)8-14-15(10)16(18)13(9-19-14)11-5-3-2-4-6-11/h2-9,17H,1H3. The second-order valence-electron chi connectivity index (χ2n) is 4.48. The number of hydrogen-bond acceptors (Lipinski definition) is 3. The molecule has 3 rings (SSSR count). The summed E-state index contributed by atoms with van der Waals surface area (Å²) < 4.78 is 5.48. The molecule has 0 radical (unpaired) electrons. The van der Waals surface area contributed by atoms with Gasteiger partial charge < -0.3 is 9.52 Å². The first-order valence-electron chi connectivity index (χ1n) is 5.97. The van der Waals surface area contributed by atoms with E-state index in [1.165, 1.54) is 12.3 Å². The fourth-order valence-corrected chi connectivity index (χ4v) is 2.25. The minimum absolute atomic E-state index is 0.0787. The number of benzene rings is 2. The molecule has 19 heavy (non-hydrogen) atoms. The molecule has 94 valence electrons. The van der Waals surface area contributed by atoms with Crippen LogP contribution in [-0.4, -0.2) is 5.11 Å². The summed E-state index contributed by atoms with van der Waals surface area (Å²) in [7, 11) is 0. The van der Waals surface area contributed by atoms with Crippen LogP contribution in [0, 0.1) is 6.92 Å². The topological polar surface area (TPSA) is 50.4 Å². The molecule has 2 aromatic carbocycles. The highest BCUT2D eigenvalue weighted by Gasteiger charge is 2.11. The van der Waals surface area contributed by atoms with E-state index in [1.807, 2.05) is 30.3 Å². The lowest BCUT2D eigenvalue weighted by Crippen LogP contribution is -2.06. The Morgan fingerprint density at radius 3 is 2.58 bits per heavy atom. The predicted octanol–water partition coefficient (Wildman–Crippen LogP) is 3.47. The fraction of sp³-hybridized carbons (Fsp3) is 0.0625. The minimum atomic E-state index is -0.0787. The molecule has 3 nitrogen and oxygen atoms in total. The molecule has 0 amide bonds. The number of aromatic hydroxyl groups is 1. The Morgan fingerprint density at radius 1 is 1.11 bits per heavy atom. The van der Waals surface area contributed by atoms with Crippen LogP contribution in [0.5, 0.6) is 5.75 Å². The summed E-state index contributed by atoms with van der Waals surface area (Å²) >= 11 is 0. The molecule has 1 N–H and O–H groups in total. The lowest BCUT2D eigenvalue weighted by molar-refractivity contribution is 0.473. The zero-order valence-electron chi connectivity index (χ0n) is 10.4. The molecule has 0 spiro atoms. The fourth-order valence-electron chi connectivity index (χ4n) is 2.25. The van der Waals surface area contributed by atoms with Crippen molar-refractivity contribution in [2.24, 2.45) is 0 Å². The molecule has 1 heterocycles. The van der Waals surface area contributed by atoms with Crippen molar-refractivity contribution in [1.82, 2.24) is 0 Å². The average Bonchev–Trinajstić information content (AvgIpc) is 2.39. The Hall–Kier alpha value is -2.55. The molecule has 3 heteroatoms. The Bertz CT molecular complexity index is 801. The van der Waals surface area contributed by atoms with E-state index in [0.717, 1.165) is 5.56 Å². The first-order chi connectivity index (χ1) is 9.16. The van der Waals surface area contributed by atoms with Gasteiger partial charge in [-0.25, -0.2) is 0 Å². The van der Waals surface area contributed by atoms with Gasteiger partial charge in [-0.3, -0.25) is 4.79 Å². The average molecular weight is 252 g/mol. The Morgan fingerprint density at radius 2 is 1.84 bits per heavy atom. The summed E-state index contributed by atoms with van der Waals surface area (Å²) in [5, 5.41) is 10.0. The van der Waals surface area contributed by atoms with Crippen LogP contribution < -0.4 is 5.43 Å². The predicted molar refractivity (Wildman–Crippen MR) is 74.3 cm³/mol. The van der Waals surface area contributed by atoms with Gasteiger partial charge in [0.05, 0.1) is 10.9 Å². The van der Waals surface area contributed by atoms with Crippen molar-refractivity contribution in [3.8, 4) is 16.9 Å². The molecule has 0 fully saturated rings. The van der Waals surface area contributed by atoms with E-state index in [0.29, 0.717) is 22.1 Å². The van der Waals surface area contributed by atoms with Crippen LogP contribution >= 0.6 is 0 Å². The summed E-state index contributed by atoms with van der Waals surface area (Å²) in [5.74, 6) is 0.0978. The third-order valence-electron chi connectivity index (χ3n) is 3.14. The molecule has 0 saturated carbocycles. The second kappa shape index (κ2) is 4.28. The van der Waals surface area contributed by atoms with E-state index < -0.39 is 0 Å². The molecule has 0 saturated heterocycles. The van der Waals surface area contributed by atoms with E-state index in [4.69, 9.17) is 4.42 Å². The van der Waals surface area contributed by atoms with Crippen LogP contribution in [0.3, 0.4) is 0 Å². The third-order valence-corrected chi connectivity index (χ3v) is 3.14. The lowest BCUT2D eigenvalue weighted by Gasteiger charge is -2.05. The molecule has 0 unspecified atom stereocenters. The van der Waals surface area contributed by atoms with Crippen LogP contribution in [0.25, 0.3) is 22.1 Å². The summed E-state index contributed by atoms with van der Waals surface area (Å²) in [6, 6.07) is 12.4. The molecular weight excluding hydrogens is 240 g/mol. The normalized spacial score (nSPS) is 10.8. The Labute approximate surface area is 109 Å². The van der Waals surface area contributed by atoms with E-state index in [-0.39, 0.29) is 11.2 Å². The summed E-state index contributed by atoms with van der Waals surface area (Å²) in [5.41, 5.74) is 2.39. The van der Waals surface area contributed by atoms with Crippen molar-refractivity contribution >= 4 is 11.0 Å². The van der Waals surface area contributed by atoms with Crippen molar-refractivity contribution in [2.75, 3.05) is 0 Å². The number of aryl methyl sites for hydroxylation is 1. The largest absolute Gasteiger partial charge is 0.508 e. The first-order valence-corrected chi connectivity index (χ1v) is 5.97. The zero-order valence-corrected chi connectivity index (χ0v) is 10.4. The quantitative estimate of drug-likeness (QED) is 0.721. The van der Waals surface area contributed by atoms with Crippen molar-refractivity contribution in [1.29, 1.82) is 0 Å². The van der Waals surface area contributed by atoms with Gasteiger partial charge in [0.1, 0.15) is 17.6 Å². The monoisotopic (exact) mass is 252 g/mol. The van der Waals surface area contributed by atoms with E-state index in [2.05, 4.69) is 0 Å². The molecule has 3 aromatic rings. The summed E-state index contributed by atoms with van der Waals surface area (Å²) in [6.07, 6.45) is 1.44. The maximum atomic E-state index is 12.5. The van der Waals surface area contributed by atoms with Crippen LogP contribution in [0.2, 0.25) is 0 Å². The molecule has 0 aliphatic heterocycles. The van der Waals surface area contributed by atoms with Gasteiger partial charge in [-0.15, -0.1) is 0 Å². The smallest absolute Gasteiger partial charge is 0.200 e. The maximum Gasteiger partial charge on any atom is 0.200 e. The Balaban J connectivity index is 2.37. The zero-order chi connectivity index (χ0) is 13.4. The number of phenolic OH excluding ortho intramolecular Hbond substituents is 1. The first kappa shape index (κ1) is 11.5. The highest BCUT2D eigenvalue weighted by atomic mass is 16.3. The Kier molecular flexibility index (Phi) is 2.60. The van der Waals surface area contributed by atoms with Crippen LogP contribution in [-0.2, 0) is 0 Å².